The number of hydrogen-bond acceptors (Lipinski definition) is 5. The molecule has 4 heterocycles. The molecule has 1 aromatic carbocycles. The average molecular weight is 424 g/mol. The minimum atomic E-state index is -0.284. The third-order valence-electron chi connectivity index (χ3n) is 5.26. The number of fused-ring (bicyclic) bond motifs is 1. The van der Waals surface area contributed by atoms with Gasteiger partial charge in [0.05, 0.1) is 11.4 Å². The molecule has 0 fully saturated rings. The fraction of sp³-hybridized carbons (Fsp3) is 0.125. The number of nitrogens with one attached hydrogen (secondary N) is 1. The van der Waals surface area contributed by atoms with Crippen LogP contribution in [0.4, 0.5) is 0 Å². The number of aromatic amines is 1. The zero-order valence-electron chi connectivity index (χ0n) is 17.6. The Bertz CT molecular complexity index is 1530. The number of rotatable bonds is 4. The molecule has 0 radical (unpaired) electrons. The maximum absolute atomic E-state index is 13.2. The molecular formula is C24H20N6O2. The van der Waals surface area contributed by atoms with Gasteiger partial charge in [-0.25, -0.2) is 14.6 Å². The molecule has 8 heteroatoms. The summed E-state index contributed by atoms with van der Waals surface area (Å²) in [6.07, 6.45) is 6.65. The highest BCUT2D eigenvalue weighted by atomic mass is 16.1. The zero-order chi connectivity index (χ0) is 22.2. The van der Waals surface area contributed by atoms with Gasteiger partial charge in [0.15, 0.2) is 11.2 Å². The Labute approximate surface area is 182 Å². The molecule has 158 valence electrons. The lowest BCUT2D eigenvalue weighted by Gasteiger charge is -2.14. The number of benzene rings is 1. The molecule has 5 aromatic rings. The quantitative estimate of drug-likeness (QED) is 0.475. The Morgan fingerprint density at radius 3 is 2.41 bits per heavy atom. The smallest absolute Gasteiger partial charge is 0.250 e. The van der Waals surface area contributed by atoms with Gasteiger partial charge in [-0.15, -0.1) is 0 Å². The van der Waals surface area contributed by atoms with Crippen LogP contribution in [0.25, 0.3) is 39.4 Å². The van der Waals surface area contributed by atoms with Gasteiger partial charge < -0.3 is 9.55 Å². The second-order valence-corrected chi connectivity index (χ2v) is 7.69. The van der Waals surface area contributed by atoms with Crippen LogP contribution in [0.3, 0.4) is 0 Å². The van der Waals surface area contributed by atoms with Crippen LogP contribution in [0.15, 0.2) is 82.9 Å². The van der Waals surface area contributed by atoms with Crippen molar-refractivity contribution in [3.63, 3.8) is 0 Å². The molecule has 1 N–H and O–H groups in total. The van der Waals surface area contributed by atoms with Gasteiger partial charge in [0.2, 0.25) is 5.43 Å². The summed E-state index contributed by atoms with van der Waals surface area (Å²) in [5.41, 5.74) is 3.26. The molecule has 0 saturated carbocycles. The number of nitrogens with zero attached hydrogens (tertiary/aromatic N) is 5. The van der Waals surface area contributed by atoms with Crippen molar-refractivity contribution >= 4 is 11.2 Å². The maximum Gasteiger partial charge on any atom is 0.250 e. The molecule has 4 aromatic heterocycles. The van der Waals surface area contributed by atoms with Crippen LogP contribution in [-0.2, 0) is 0 Å². The minimum absolute atomic E-state index is 0.0224. The normalized spacial score (nSPS) is 11.3. The van der Waals surface area contributed by atoms with Gasteiger partial charge in [0.1, 0.15) is 5.69 Å². The van der Waals surface area contributed by atoms with Crippen LogP contribution in [0, 0.1) is 0 Å². The minimum Gasteiger partial charge on any atom is -0.342 e. The third-order valence-corrected chi connectivity index (χ3v) is 5.26. The van der Waals surface area contributed by atoms with Gasteiger partial charge in [-0.3, -0.25) is 9.59 Å². The fourth-order valence-electron chi connectivity index (χ4n) is 3.65. The molecule has 0 amide bonds. The van der Waals surface area contributed by atoms with Crippen LogP contribution in [0.1, 0.15) is 19.9 Å². The van der Waals surface area contributed by atoms with Gasteiger partial charge in [0, 0.05) is 48.0 Å². The molecule has 0 unspecified atom stereocenters. The highest BCUT2D eigenvalue weighted by Gasteiger charge is 2.18. The van der Waals surface area contributed by atoms with Gasteiger partial charge in [-0.1, -0.05) is 30.3 Å². The van der Waals surface area contributed by atoms with E-state index in [0.29, 0.717) is 28.3 Å². The molecule has 0 aliphatic heterocycles. The summed E-state index contributed by atoms with van der Waals surface area (Å²) >= 11 is 0. The molecule has 0 aliphatic carbocycles. The molecule has 0 saturated heterocycles. The lowest BCUT2D eigenvalue weighted by molar-refractivity contribution is 0.579. The molecule has 5 rings (SSSR count). The molecule has 32 heavy (non-hydrogen) atoms. The summed E-state index contributed by atoms with van der Waals surface area (Å²) in [5.74, 6) is 0. The number of pyridine rings is 2. The van der Waals surface area contributed by atoms with Crippen LogP contribution < -0.4 is 11.0 Å². The van der Waals surface area contributed by atoms with E-state index in [2.05, 4.69) is 10.1 Å². The van der Waals surface area contributed by atoms with Crippen LogP contribution in [0.5, 0.6) is 0 Å². The van der Waals surface area contributed by atoms with E-state index < -0.39 is 0 Å². The first-order valence-corrected chi connectivity index (χ1v) is 10.2. The number of hydrogen-bond donors (Lipinski definition) is 1. The second-order valence-electron chi connectivity index (χ2n) is 7.69. The van der Waals surface area contributed by atoms with E-state index >= 15 is 0 Å². The molecule has 0 atom stereocenters. The van der Waals surface area contributed by atoms with Crippen molar-refractivity contribution in [3.05, 3.63) is 93.9 Å². The zero-order valence-corrected chi connectivity index (χ0v) is 17.6. The van der Waals surface area contributed by atoms with Gasteiger partial charge in [-0.2, -0.15) is 5.10 Å². The predicted molar refractivity (Wildman–Crippen MR) is 123 cm³/mol. The highest BCUT2D eigenvalue weighted by Crippen LogP contribution is 2.30. The van der Waals surface area contributed by atoms with Crippen molar-refractivity contribution in [1.82, 2.24) is 29.3 Å². The Hall–Kier alpha value is -4.33. The Kier molecular flexibility index (Phi) is 4.74. The molecule has 0 aliphatic rings. The predicted octanol–water partition coefficient (Wildman–Crippen LogP) is 3.58. The van der Waals surface area contributed by atoms with Crippen LogP contribution in [-0.4, -0.2) is 29.3 Å². The van der Waals surface area contributed by atoms with E-state index in [0.717, 1.165) is 5.56 Å². The van der Waals surface area contributed by atoms with Gasteiger partial charge >= 0.3 is 0 Å². The standard InChI is InChI=1S/C24H20N6O2/c1-15(2)29-14-17(9-10-19(29)31)21-20(16-7-4-3-5-8-16)28-24-22(27-21)23(32)18(13-25-24)30-12-6-11-26-30/h3-15H,1-2H3,(H,25,28,32). The molecular weight excluding hydrogens is 404 g/mol. The van der Waals surface area contributed by atoms with Crippen molar-refractivity contribution in [2.24, 2.45) is 0 Å². The third kappa shape index (κ3) is 3.31. The van der Waals surface area contributed by atoms with Crippen LogP contribution >= 0.6 is 0 Å². The number of H-pyrrole nitrogens is 1. The van der Waals surface area contributed by atoms with E-state index in [4.69, 9.17) is 9.97 Å². The SMILES string of the molecule is CC(C)n1cc(-c2nc3c(=O)c(-n4cccn4)c[nH]c3nc2-c2ccccc2)ccc1=O. The van der Waals surface area contributed by atoms with Crippen molar-refractivity contribution < 1.29 is 0 Å². The largest absolute Gasteiger partial charge is 0.342 e. The Balaban J connectivity index is 1.83. The first-order chi connectivity index (χ1) is 15.5. The summed E-state index contributed by atoms with van der Waals surface area (Å²) in [6.45, 7) is 3.88. The Morgan fingerprint density at radius 2 is 1.69 bits per heavy atom. The first kappa shape index (κ1) is 19.6. The summed E-state index contributed by atoms with van der Waals surface area (Å²) in [4.78, 5) is 38.2. The molecule has 0 bridgehead atoms. The summed E-state index contributed by atoms with van der Waals surface area (Å²) in [5, 5.41) is 4.15. The molecule has 8 nitrogen and oxygen atoms in total. The number of aromatic nitrogens is 6. The van der Waals surface area contributed by atoms with E-state index in [9.17, 15) is 9.59 Å². The van der Waals surface area contributed by atoms with Crippen LogP contribution in [0.2, 0.25) is 0 Å². The summed E-state index contributed by atoms with van der Waals surface area (Å²) in [6, 6.07) is 14.6. The summed E-state index contributed by atoms with van der Waals surface area (Å²) in [7, 11) is 0. The maximum atomic E-state index is 13.2. The van der Waals surface area contributed by atoms with Crippen molar-refractivity contribution in [2.75, 3.05) is 0 Å². The van der Waals surface area contributed by atoms with E-state index in [1.807, 2.05) is 44.2 Å². The first-order valence-electron chi connectivity index (χ1n) is 10.2. The lowest BCUT2D eigenvalue weighted by atomic mass is 10.0. The lowest BCUT2D eigenvalue weighted by Crippen LogP contribution is -2.20. The Morgan fingerprint density at radius 1 is 0.906 bits per heavy atom. The second kappa shape index (κ2) is 7.73. The average Bonchev–Trinajstić information content (AvgIpc) is 3.34. The van der Waals surface area contributed by atoms with E-state index in [1.165, 1.54) is 10.7 Å². The van der Waals surface area contributed by atoms with Crippen molar-refractivity contribution in [2.45, 2.75) is 19.9 Å². The topological polar surface area (TPSA) is 98.5 Å². The van der Waals surface area contributed by atoms with Crippen molar-refractivity contribution in [1.29, 1.82) is 0 Å². The summed E-state index contributed by atoms with van der Waals surface area (Å²) < 4.78 is 3.13. The van der Waals surface area contributed by atoms with Crippen molar-refractivity contribution in [3.8, 4) is 28.2 Å². The van der Waals surface area contributed by atoms with Gasteiger partial charge in [-0.05, 0) is 26.0 Å². The highest BCUT2D eigenvalue weighted by molar-refractivity contribution is 5.84. The monoisotopic (exact) mass is 424 g/mol. The van der Waals surface area contributed by atoms with E-state index in [1.54, 1.807) is 41.5 Å². The molecule has 0 spiro atoms. The fourth-order valence-corrected chi connectivity index (χ4v) is 3.65. The van der Waals surface area contributed by atoms with E-state index in [-0.39, 0.29) is 22.5 Å². The van der Waals surface area contributed by atoms with Gasteiger partial charge in [0.25, 0.3) is 5.56 Å².